The zero-order valence-electron chi connectivity index (χ0n) is 15.2. The topological polar surface area (TPSA) is 72.2 Å². The Labute approximate surface area is 143 Å². The minimum absolute atomic E-state index is 0.196. The molecule has 0 saturated heterocycles. The van der Waals surface area contributed by atoms with Crippen molar-refractivity contribution in [2.24, 2.45) is 5.73 Å². The average Bonchev–Trinajstić information content (AvgIpc) is 2.50. The molecule has 0 aromatic carbocycles. The number of nitrogens with two attached hydrogens (primary N) is 1. The van der Waals surface area contributed by atoms with Gasteiger partial charge in [0.2, 0.25) is 11.8 Å². The van der Waals surface area contributed by atoms with Gasteiger partial charge in [0, 0.05) is 6.54 Å². The summed E-state index contributed by atoms with van der Waals surface area (Å²) in [5.74, 6) is -0.823. The molecule has 0 spiro atoms. The lowest BCUT2D eigenvalue weighted by molar-refractivity contribution is -0.127. The van der Waals surface area contributed by atoms with Crippen molar-refractivity contribution in [2.45, 2.75) is 103 Å². The second kappa shape index (κ2) is 17.3. The molecule has 23 heavy (non-hydrogen) atoms. The highest BCUT2D eigenvalue weighted by atomic mass is 16.2. The van der Waals surface area contributed by atoms with Gasteiger partial charge in [0.1, 0.15) is 6.42 Å². The average molecular weight is 327 g/mol. The maximum Gasteiger partial charge on any atom is 0.229 e. The Kier molecular flexibility index (Phi) is 16.5. The normalized spacial score (nSPS) is 10.7. The summed E-state index contributed by atoms with van der Waals surface area (Å²) in [6.45, 7) is 2.92. The van der Waals surface area contributed by atoms with E-state index in [1.165, 1.54) is 77.0 Å². The summed E-state index contributed by atoms with van der Waals surface area (Å²) in [7, 11) is 0. The molecule has 0 aliphatic heterocycles. The van der Waals surface area contributed by atoms with E-state index in [4.69, 9.17) is 5.73 Å². The van der Waals surface area contributed by atoms with E-state index in [9.17, 15) is 9.59 Å². The molecule has 0 aromatic rings. The first-order chi connectivity index (χ1) is 11.2. The largest absolute Gasteiger partial charge is 0.369 e. The quantitative estimate of drug-likeness (QED) is 0.306. The lowest BCUT2D eigenvalue weighted by Gasteiger charge is -2.04. The number of hydrogen-bond donors (Lipinski definition) is 2. The van der Waals surface area contributed by atoms with Crippen LogP contribution in [0.15, 0.2) is 0 Å². The third-order valence-electron chi connectivity index (χ3n) is 4.19. The van der Waals surface area contributed by atoms with Crippen molar-refractivity contribution in [3.8, 4) is 0 Å². The van der Waals surface area contributed by atoms with Gasteiger partial charge in [-0.3, -0.25) is 9.59 Å². The molecule has 0 fully saturated rings. The molecule has 0 heterocycles. The molecule has 0 rings (SSSR count). The van der Waals surface area contributed by atoms with Crippen LogP contribution in [0.1, 0.15) is 103 Å². The highest BCUT2D eigenvalue weighted by Gasteiger charge is 2.03. The fourth-order valence-corrected chi connectivity index (χ4v) is 2.77. The van der Waals surface area contributed by atoms with Gasteiger partial charge in [0.15, 0.2) is 0 Å². The number of hydrogen-bond acceptors (Lipinski definition) is 2. The summed E-state index contributed by atoms with van der Waals surface area (Å²) in [5.41, 5.74) is 4.95. The lowest BCUT2D eigenvalue weighted by Crippen LogP contribution is -2.29. The van der Waals surface area contributed by atoms with Crippen molar-refractivity contribution in [2.75, 3.05) is 6.54 Å². The summed E-state index contributed by atoms with van der Waals surface area (Å²) in [5, 5.41) is 2.72. The molecule has 3 N–H and O–H groups in total. The first-order valence-corrected chi connectivity index (χ1v) is 9.71. The second-order valence-corrected chi connectivity index (χ2v) is 6.59. The lowest BCUT2D eigenvalue weighted by atomic mass is 10.0. The summed E-state index contributed by atoms with van der Waals surface area (Å²) >= 11 is 0. The van der Waals surface area contributed by atoms with Crippen LogP contribution >= 0.6 is 0 Å². The van der Waals surface area contributed by atoms with Crippen molar-refractivity contribution < 1.29 is 9.59 Å². The fraction of sp³-hybridized carbons (Fsp3) is 0.895. The number of carbonyl (C=O) groups excluding carboxylic acids is 2. The minimum Gasteiger partial charge on any atom is -0.369 e. The number of primary amides is 1. The molecule has 2 amide bonds. The number of nitrogens with one attached hydrogen (secondary N) is 1. The van der Waals surface area contributed by atoms with Crippen LogP contribution in [0.3, 0.4) is 0 Å². The fourth-order valence-electron chi connectivity index (χ4n) is 2.77. The van der Waals surface area contributed by atoms with Gasteiger partial charge in [-0.1, -0.05) is 90.4 Å². The van der Waals surface area contributed by atoms with E-state index in [0.29, 0.717) is 6.54 Å². The SMILES string of the molecule is CCCCCCCCCCCCCCCCNC(=O)CC(N)=O. The number of amides is 2. The Morgan fingerprint density at radius 2 is 1.09 bits per heavy atom. The van der Waals surface area contributed by atoms with Crippen molar-refractivity contribution >= 4 is 11.8 Å². The maximum absolute atomic E-state index is 11.2. The highest BCUT2D eigenvalue weighted by Crippen LogP contribution is 2.12. The van der Waals surface area contributed by atoms with Crippen LogP contribution < -0.4 is 11.1 Å². The van der Waals surface area contributed by atoms with Gasteiger partial charge in [-0.2, -0.15) is 0 Å². The first-order valence-electron chi connectivity index (χ1n) is 9.71. The van der Waals surface area contributed by atoms with Crippen molar-refractivity contribution in [1.82, 2.24) is 5.32 Å². The standard InChI is InChI=1S/C19H38N2O2/c1-2-3-4-5-6-7-8-9-10-11-12-13-14-15-16-21-19(23)17-18(20)22/h2-17H2,1H3,(H2,20,22)(H,21,23). The van der Waals surface area contributed by atoms with E-state index >= 15 is 0 Å². The summed E-state index contributed by atoms with van der Waals surface area (Å²) in [6, 6.07) is 0. The molecule has 0 aliphatic rings. The summed E-state index contributed by atoms with van der Waals surface area (Å²) in [4.78, 5) is 21.7. The van der Waals surface area contributed by atoms with E-state index < -0.39 is 5.91 Å². The van der Waals surface area contributed by atoms with Crippen LogP contribution in [0.5, 0.6) is 0 Å². The van der Waals surface area contributed by atoms with E-state index in [-0.39, 0.29) is 12.3 Å². The zero-order valence-corrected chi connectivity index (χ0v) is 15.2. The third kappa shape index (κ3) is 18.9. The smallest absolute Gasteiger partial charge is 0.229 e. The first kappa shape index (κ1) is 21.9. The van der Waals surface area contributed by atoms with E-state index in [2.05, 4.69) is 12.2 Å². The molecule has 4 nitrogen and oxygen atoms in total. The zero-order chi connectivity index (χ0) is 17.2. The van der Waals surface area contributed by atoms with Crippen molar-refractivity contribution in [3.05, 3.63) is 0 Å². The molecule has 0 saturated carbocycles. The van der Waals surface area contributed by atoms with Crippen LogP contribution in [0.2, 0.25) is 0 Å². The number of carbonyl (C=O) groups is 2. The number of unbranched alkanes of at least 4 members (excludes halogenated alkanes) is 13. The van der Waals surface area contributed by atoms with Crippen LogP contribution in [0, 0.1) is 0 Å². The Balaban J connectivity index is 3.08. The predicted octanol–water partition coefficient (Wildman–Crippen LogP) is 4.46. The molecule has 4 heteroatoms. The van der Waals surface area contributed by atoms with Crippen LogP contribution in [-0.4, -0.2) is 18.4 Å². The summed E-state index contributed by atoms with van der Waals surface area (Å²) in [6.07, 6.45) is 18.4. The molecule has 0 unspecified atom stereocenters. The van der Waals surface area contributed by atoms with Crippen LogP contribution in [-0.2, 0) is 9.59 Å². The van der Waals surface area contributed by atoms with Gasteiger partial charge < -0.3 is 11.1 Å². The molecular formula is C19H38N2O2. The molecule has 0 atom stereocenters. The Morgan fingerprint density at radius 3 is 1.48 bits per heavy atom. The molecular weight excluding hydrogens is 288 g/mol. The minimum atomic E-state index is -0.566. The van der Waals surface area contributed by atoms with E-state index in [1.54, 1.807) is 0 Å². The summed E-state index contributed by atoms with van der Waals surface area (Å²) < 4.78 is 0. The van der Waals surface area contributed by atoms with Crippen LogP contribution in [0.25, 0.3) is 0 Å². The monoisotopic (exact) mass is 326 g/mol. The molecule has 0 bridgehead atoms. The Morgan fingerprint density at radius 1 is 0.696 bits per heavy atom. The Bertz CT molecular complexity index is 293. The molecule has 0 radical (unpaired) electrons. The van der Waals surface area contributed by atoms with Crippen LogP contribution in [0.4, 0.5) is 0 Å². The van der Waals surface area contributed by atoms with E-state index in [0.717, 1.165) is 12.8 Å². The van der Waals surface area contributed by atoms with Gasteiger partial charge in [0.25, 0.3) is 0 Å². The maximum atomic E-state index is 11.2. The third-order valence-corrected chi connectivity index (χ3v) is 4.19. The molecule has 0 aliphatic carbocycles. The number of rotatable bonds is 17. The highest BCUT2D eigenvalue weighted by molar-refractivity contribution is 5.95. The van der Waals surface area contributed by atoms with Gasteiger partial charge in [0.05, 0.1) is 0 Å². The van der Waals surface area contributed by atoms with Gasteiger partial charge in [-0.25, -0.2) is 0 Å². The van der Waals surface area contributed by atoms with Crippen molar-refractivity contribution in [3.63, 3.8) is 0 Å². The second-order valence-electron chi connectivity index (χ2n) is 6.59. The van der Waals surface area contributed by atoms with Gasteiger partial charge >= 0.3 is 0 Å². The molecule has 136 valence electrons. The molecule has 0 aromatic heterocycles. The van der Waals surface area contributed by atoms with E-state index in [1.807, 2.05) is 0 Å². The van der Waals surface area contributed by atoms with Gasteiger partial charge in [-0.15, -0.1) is 0 Å². The predicted molar refractivity (Wildman–Crippen MR) is 97.1 cm³/mol. The van der Waals surface area contributed by atoms with Crippen molar-refractivity contribution in [1.29, 1.82) is 0 Å². The Hall–Kier alpha value is -1.06. The van der Waals surface area contributed by atoms with Gasteiger partial charge in [-0.05, 0) is 6.42 Å².